The maximum atomic E-state index is 12.9. The van der Waals surface area contributed by atoms with Gasteiger partial charge in [0.15, 0.2) is 0 Å². The lowest BCUT2D eigenvalue weighted by atomic mass is 9.83. The molecule has 3 atom stereocenters. The fourth-order valence-corrected chi connectivity index (χ4v) is 4.04. The zero-order chi connectivity index (χ0) is 14.2. The number of amides is 2. The second-order valence-electron chi connectivity index (χ2n) is 6.48. The Balaban J connectivity index is 1.67. The standard InChI is InChI=1S/C15H25N3O2/c1-2-15(7-3-8-16-15)14(20)18-9-6-12-11(10-18)4-5-13(19)17-12/h11-12,16H,2-10H2,1H3,(H,17,19). The van der Waals surface area contributed by atoms with Crippen molar-refractivity contribution in [2.45, 2.75) is 57.0 Å². The summed E-state index contributed by atoms with van der Waals surface area (Å²) < 4.78 is 0. The molecule has 3 unspecified atom stereocenters. The number of hydrogen-bond donors (Lipinski definition) is 2. The minimum atomic E-state index is -0.315. The third-order valence-electron chi connectivity index (χ3n) is 5.37. The third kappa shape index (κ3) is 2.32. The molecule has 0 aromatic carbocycles. The molecule has 3 saturated heterocycles. The van der Waals surface area contributed by atoms with Crippen LogP contribution in [0.1, 0.15) is 45.4 Å². The molecule has 0 radical (unpaired) electrons. The average molecular weight is 279 g/mol. The van der Waals surface area contributed by atoms with Gasteiger partial charge in [-0.1, -0.05) is 6.92 Å². The highest BCUT2D eigenvalue weighted by Gasteiger charge is 2.44. The molecule has 0 aliphatic carbocycles. The molecule has 0 saturated carbocycles. The number of hydrogen-bond acceptors (Lipinski definition) is 3. The molecule has 3 rings (SSSR count). The van der Waals surface area contributed by atoms with E-state index in [0.29, 0.717) is 12.3 Å². The van der Waals surface area contributed by atoms with E-state index in [2.05, 4.69) is 17.6 Å². The second-order valence-corrected chi connectivity index (χ2v) is 6.48. The van der Waals surface area contributed by atoms with Crippen LogP contribution in [0.5, 0.6) is 0 Å². The molecule has 0 aromatic rings. The van der Waals surface area contributed by atoms with Crippen molar-refractivity contribution in [3.63, 3.8) is 0 Å². The van der Waals surface area contributed by atoms with Gasteiger partial charge in [-0.15, -0.1) is 0 Å². The summed E-state index contributed by atoms with van der Waals surface area (Å²) in [6.45, 7) is 4.65. The van der Waals surface area contributed by atoms with Crippen LogP contribution >= 0.6 is 0 Å². The van der Waals surface area contributed by atoms with E-state index in [1.165, 1.54) is 0 Å². The van der Waals surface area contributed by atoms with Gasteiger partial charge < -0.3 is 15.5 Å². The van der Waals surface area contributed by atoms with Gasteiger partial charge in [0.2, 0.25) is 11.8 Å². The summed E-state index contributed by atoms with van der Waals surface area (Å²) in [5.74, 6) is 0.905. The summed E-state index contributed by atoms with van der Waals surface area (Å²) in [7, 11) is 0. The fourth-order valence-electron chi connectivity index (χ4n) is 4.04. The Hall–Kier alpha value is -1.10. The maximum Gasteiger partial charge on any atom is 0.242 e. The first-order valence-corrected chi connectivity index (χ1v) is 7.98. The quantitative estimate of drug-likeness (QED) is 0.780. The molecule has 2 amide bonds. The van der Waals surface area contributed by atoms with Crippen molar-refractivity contribution in [3.05, 3.63) is 0 Å². The van der Waals surface area contributed by atoms with Crippen LogP contribution in [0.15, 0.2) is 0 Å². The summed E-state index contributed by atoms with van der Waals surface area (Å²) in [5.41, 5.74) is -0.315. The van der Waals surface area contributed by atoms with Gasteiger partial charge >= 0.3 is 0 Å². The van der Waals surface area contributed by atoms with E-state index in [0.717, 1.165) is 51.7 Å². The Kier molecular flexibility index (Phi) is 3.71. The lowest BCUT2D eigenvalue weighted by molar-refractivity contribution is -0.141. The van der Waals surface area contributed by atoms with E-state index in [-0.39, 0.29) is 23.4 Å². The van der Waals surface area contributed by atoms with Crippen molar-refractivity contribution in [3.8, 4) is 0 Å². The molecule has 3 fully saturated rings. The van der Waals surface area contributed by atoms with E-state index >= 15 is 0 Å². The lowest BCUT2D eigenvalue weighted by Crippen LogP contribution is -2.60. The van der Waals surface area contributed by atoms with E-state index in [9.17, 15) is 9.59 Å². The van der Waals surface area contributed by atoms with Crippen LogP contribution < -0.4 is 10.6 Å². The summed E-state index contributed by atoms with van der Waals surface area (Å²) in [5, 5.41) is 6.51. The highest BCUT2D eigenvalue weighted by Crippen LogP contribution is 2.30. The first-order chi connectivity index (χ1) is 9.64. The van der Waals surface area contributed by atoms with Crippen LogP contribution in [0.25, 0.3) is 0 Å². The van der Waals surface area contributed by atoms with E-state index in [1.54, 1.807) is 0 Å². The number of rotatable bonds is 2. The van der Waals surface area contributed by atoms with Crippen LogP contribution in [-0.2, 0) is 9.59 Å². The molecular weight excluding hydrogens is 254 g/mol. The normalized spacial score (nSPS) is 37.5. The highest BCUT2D eigenvalue weighted by molar-refractivity contribution is 5.87. The van der Waals surface area contributed by atoms with Crippen molar-refractivity contribution < 1.29 is 9.59 Å². The van der Waals surface area contributed by atoms with Gasteiger partial charge in [0.25, 0.3) is 0 Å². The molecular formula is C15H25N3O2. The predicted octanol–water partition coefficient (Wildman–Crippen LogP) is 0.646. The second kappa shape index (κ2) is 5.35. The molecule has 3 heterocycles. The largest absolute Gasteiger partial charge is 0.353 e. The number of fused-ring (bicyclic) bond motifs is 1. The van der Waals surface area contributed by atoms with Crippen LogP contribution in [-0.4, -0.2) is 47.9 Å². The summed E-state index contributed by atoms with van der Waals surface area (Å²) in [4.78, 5) is 26.3. The molecule has 0 spiro atoms. The van der Waals surface area contributed by atoms with Crippen molar-refractivity contribution in [1.29, 1.82) is 0 Å². The summed E-state index contributed by atoms with van der Waals surface area (Å²) >= 11 is 0. The van der Waals surface area contributed by atoms with Gasteiger partial charge in [-0.3, -0.25) is 9.59 Å². The van der Waals surface area contributed by atoms with Crippen molar-refractivity contribution in [2.75, 3.05) is 19.6 Å². The Labute approximate surface area is 120 Å². The van der Waals surface area contributed by atoms with E-state index in [4.69, 9.17) is 0 Å². The Morgan fingerprint density at radius 2 is 2.30 bits per heavy atom. The zero-order valence-corrected chi connectivity index (χ0v) is 12.3. The average Bonchev–Trinajstić information content (AvgIpc) is 2.96. The number of carbonyl (C=O) groups is 2. The Morgan fingerprint density at radius 3 is 3.00 bits per heavy atom. The van der Waals surface area contributed by atoms with Gasteiger partial charge in [0.1, 0.15) is 0 Å². The highest BCUT2D eigenvalue weighted by atomic mass is 16.2. The van der Waals surface area contributed by atoms with Gasteiger partial charge in [0, 0.05) is 25.6 Å². The van der Waals surface area contributed by atoms with Crippen molar-refractivity contribution in [1.82, 2.24) is 15.5 Å². The smallest absolute Gasteiger partial charge is 0.242 e. The molecule has 3 aliphatic heterocycles. The van der Waals surface area contributed by atoms with Crippen LogP contribution in [0.2, 0.25) is 0 Å². The van der Waals surface area contributed by atoms with E-state index in [1.807, 2.05) is 4.90 Å². The zero-order valence-electron chi connectivity index (χ0n) is 12.3. The summed E-state index contributed by atoms with van der Waals surface area (Å²) in [6.07, 6.45) is 5.36. The van der Waals surface area contributed by atoms with Gasteiger partial charge in [-0.25, -0.2) is 0 Å². The fraction of sp³-hybridized carbons (Fsp3) is 0.867. The molecule has 0 aromatic heterocycles. The minimum absolute atomic E-state index is 0.175. The van der Waals surface area contributed by atoms with Crippen LogP contribution in [0, 0.1) is 5.92 Å². The Bertz CT molecular complexity index is 404. The molecule has 112 valence electrons. The summed E-state index contributed by atoms with van der Waals surface area (Å²) in [6, 6.07) is 0.286. The van der Waals surface area contributed by atoms with Gasteiger partial charge in [-0.05, 0) is 44.6 Å². The van der Waals surface area contributed by atoms with Crippen LogP contribution in [0.3, 0.4) is 0 Å². The monoisotopic (exact) mass is 279 g/mol. The number of nitrogens with one attached hydrogen (secondary N) is 2. The van der Waals surface area contributed by atoms with Gasteiger partial charge in [0.05, 0.1) is 5.54 Å². The van der Waals surface area contributed by atoms with E-state index < -0.39 is 0 Å². The maximum absolute atomic E-state index is 12.9. The van der Waals surface area contributed by atoms with Gasteiger partial charge in [-0.2, -0.15) is 0 Å². The third-order valence-corrected chi connectivity index (χ3v) is 5.37. The number of piperidine rings is 2. The first kappa shape index (κ1) is 13.9. The number of nitrogens with zero attached hydrogens (tertiary/aromatic N) is 1. The van der Waals surface area contributed by atoms with Crippen LogP contribution in [0.4, 0.5) is 0 Å². The molecule has 2 N–H and O–H groups in total. The first-order valence-electron chi connectivity index (χ1n) is 7.98. The predicted molar refractivity (Wildman–Crippen MR) is 76.1 cm³/mol. The topological polar surface area (TPSA) is 61.4 Å². The molecule has 5 nitrogen and oxygen atoms in total. The lowest BCUT2D eigenvalue weighted by Gasteiger charge is -2.44. The SMILES string of the molecule is CCC1(C(=O)N2CCC3NC(=O)CCC3C2)CCCN1. The number of likely N-dealkylation sites (tertiary alicyclic amines) is 1. The number of carbonyl (C=O) groups excluding carboxylic acids is 2. The Morgan fingerprint density at radius 1 is 1.45 bits per heavy atom. The molecule has 20 heavy (non-hydrogen) atoms. The van der Waals surface area contributed by atoms with Crippen molar-refractivity contribution in [2.24, 2.45) is 5.92 Å². The molecule has 0 bridgehead atoms. The molecule has 3 aliphatic rings. The minimum Gasteiger partial charge on any atom is -0.353 e. The molecule has 5 heteroatoms. The van der Waals surface area contributed by atoms with Crippen molar-refractivity contribution >= 4 is 11.8 Å².